The van der Waals surface area contributed by atoms with Crippen LogP contribution in [0.3, 0.4) is 0 Å². The quantitative estimate of drug-likeness (QED) is 0.809. The van der Waals surface area contributed by atoms with E-state index in [0.29, 0.717) is 5.02 Å². The third-order valence-electron chi connectivity index (χ3n) is 2.43. The molecule has 0 aliphatic heterocycles. The van der Waals surface area contributed by atoms with Crippen LogP contribution in [0.25, 0.3) is 0 Å². The van der Waals surface area contributed by atoms with Gasteiger partial charge in [-0.25, -0.2) is 0 Å². The number of rotatable bonds is 3. The molecule has 5 heteroatoms. The van der Waals surface area contributed by atoms with Gasteiger partial charge in [-0.1, -0.05) is 23.2 Å². The molecule has 0 aliphatic rings. The Hall–Kier alpha value is -0.0600. The van der Waals surface area contributed by atoms with Crippen LogP contribution in [0.1, 0.15) is 16.5 Å². The van der Waals surface area contributed by atoms with Crippen molar-refractivity contribution in [1.82, 2.24) is 5.32 Å². The third-order valence-corrected chi connectivity index (χ3v) is 4.77. The zero-order valence-corrected chi connectivity index (χ0v) is 12.9. The van der Waals surface area contributed by atoms with Crippen LogP contribution in [0.15, 0.2) is 34.1 Å². The second-order valence-electron chi connectivity index (χ2n) is 3.55. The van der Waals surface area contributed by atoms with E-state index in [4.69, 9.17) is 23.2 Å². The topological polar surface area (TPSA) is 12.0 Å². The van der Waals surface area contributed by atoms with Crippen molar-refractivity contribution in [3.8, 4) is 0 Å². The Labute approximate surface area is 123 Å². The second-order valence-corrected chi connectivity index (χ2v) is 6.26. The number of nitrogens with one attached hydrogen (secondary N) is 1. The molecule has 0 bridgehead atoms. The molecule has 0 amide bonds. The van der Waals surface area contributed by atoms with Crippen LogP contribution in [0.2, 0.25) is 10.0 Å². The zero-order valence-electron chi connectivity index (χ0n) is 9.01. The molecule has 0 spiro atoms. The van der Waals surface area contributed by atoms with E-state index in [1.54, 1.807) is 17.4 Å². The van der Waals surface area contributed by atoms with Crippen LogP contribution in [0, 0.1) is 0 Å². The molecule has 1 atom stereocenters. The summed E-state index contributed by atoms with van der Waals surface area (Å²) in [6, 6.07) is 7.68. The van der Waals surface area contributed by atoms with Crippen LogP contribution in [-0.2, 0) is 0 Å². The van der Waals surface area contributed by atoms with Crippen molar-refractivity contribution in [1.29, 1.82) is 0 Å². The lowest BCUT2D eigenvalue weighted by Crippen LogP contribution is -2.16. The van der Waals surface area contributed by atoms with Crippen molar-refractivity contribution in [3.63, 3.8) is 0 Å². The lowest BCUT2D eigenvalue weighted by molar-refractivity contribution is 0.704. The molecule has 1 aromatic carbocycles. The molecule has 0 radical (unpaired) electrons. The molecule has 2 aromatic rings. The van der Waals surface area contributed by atoms with Gasteiger partial charge in [0.15, 0.2) is 0 Å². The van der Waals surface area contributed by atoms with Crippen molar-refractivity contribution >= 4 is 50.5 Å². The first-order valence-corrected chi connectivity index (χ1v) is 7.41. The van der Waals surface area contributed by atoms with Gasteiger partial charge in [-0.05, 0) is 52.8 Å². The molecule has 0 saturated heterocycles. The van der Waals surface area contributed by atoms with Gasteiger partial charge in [0.1, 0.15) is 0 Å². The van der Waals surface area contributed by atoms with Crippen molar-refractivity contribution in [3.05, 3.63) is 54.6 Å². The van der Waals surface area contributed by atoms with E-state index in [2.05, 4.69) is 32.7 Å². The number of thiophene rings is 1. The molecule has 1 unspecified atom stereocenters. The number of hydrogen-bond donors (Lipinski definition) is 1. The summed E-state index contributed by atoms with van der Waals surface area (Å²) in [6.07, 6.45) is 0. The van der Waals surface area contributed by atoms with Crippen LogP contribution >= 0.6 is 50.5 Å². The Morgan fingerprint density at radius 1 is 1.29 bits per heavy atom. The monoisotopic (exact) mass is 349 g/mol. The minimum Gasteiger partial charge on any atom is -0.309 e. The van der Waals surface area contributed by atoms with E-state index in [-0.39, 0.29) is 6.04 Å². The first kappa shape index (κ1) is 13.4. The van der Waals surface area contributed by atoms with E-state index in [1.807, 2.05) is 19.2 Å². The highest BCUT2D eigenvalue weighted by Gasteiger charge is 2.17. The first-order chi connectivity index (χ1) is 8.11. The van der Waals surface area contributed by atoms with Crippen molar-refractivity contribution in [2.45, 2.75) is 6.04 Å². The zero-order chi connectivity index (χ0) is 12.4. The van der Waals surface area contributed by atoms with Crippen molar-refractivity contribution in [2.75, 3.05) is 7.05 Å². The Balaban J connectivity index is 2.45. The molecule has 0 fully saturated rings. The average Bonchev–Trinajstić information content (AvgIpc) is 2.71. The first-order valence-electron chi connectivity index (χ1n) is 4.98. The Bertz CT molecular complexity index is 527. The molecular formula is C12H10BrCl2NS. The van der Waals surface area contributed by atoms with Crippen LogP contribution in [0.5, 0.6) is 0 Å². The fourth-order valence-corrected chi connectivity index (χ4v) is 3.64. The summed E-state index contributed by atoms with van der Waals surface area (Å²) in [6.45, 7) is 0. The maximum absolute atomic E-state index is 6.22. The largest absolute Gasteiger partial charge is 0.309 e. The smallest absolute Gasteiger partial charge is 0.0684 e. The van der Waals surface area contributed by atoms with E-state index in [9.17, 15) is 0 Å². The predicted octanol–water partition coefficient (Wildman–Crippen LogP) is 5.13. The normalized spacial score (nSPS) is 12.7. The fourth-order valence-electron chi connectivity index (χ4n) is 1.67. The Morgan fingerprint density at radius 3 is 2.65 bits per heavy atom. The molecule has 1 nitrogen and oxygen atoms in total. The van der Waals surface area contributed by atoms with Gasteiger partial charge in [0.2, 0.25) is 0 Å². The van der Waals surface area contributed by atoms with Gasteiger partial charge in [-0.15, -0.1) is 11.3 Å². The molecule has 90 valence electrons. The Morgan fingerprint density at radius 2 is 2.06 bits per heavy atom. The maximum Gasteiger partial charge on any atom is 0.0684 e. The van der Waals surface area contributed by atoms with Gasteiger partial charge >= 0.3 is 0 Å². The minimum atomic E-state index is 0.0671. The fraction of sp³-hybridized carbons (Fsp3) is 0.167. The third kappa shape index (κ3) is 3.04. The highest BCUT2D eigenvalue weighted by atomic mass is 79.9. The summed E-state index contributed by atoms with van der Waals surface area (Å²) < 4.78 is 1.08. The summed E-state index contributed by atoms with van der Waals surface area (Å²) in [7, 11) is 1.91. The molecule has 1 heterocycles. The van der Waals surface area contributed by atoms with Gasteiger partial charge in [0.25, 0.3) is 0 Å². The van der Waals surface area contributed by atoms with E-state index >= 15 is 0 Å². The SMILES string of the molecule is CNC(c1cc(Br)cs1)c1cc(Cl)ccc1Cl. The van der Waals surface area contributed by atoms with Gasteiger partial charge < -0.3 is 5.32 Å². The molecule has 0 saturated carbocycles. The molecule has 2 rings (SSSR count). The number of halogens is 3. The lowest BCUT2D eigenvalue weighted by atomic mass is 10.1. The standard InChI is InChI=1S/C12H10BrCl2NS/c1-16-12(11-4-7(13)6-17-11)9-5-8(14)2-3-10(9)15/h2-6,12,16H,1H3. The van der Waals surface area contributed by atoms with E-state index in [0.717, 1.165) is 15.1 Å². The molecule has 1 aromatic heterocycles. The summed E-state index contributed by atoms with van der Waals surface area (Å²) in [5.74, 6) is 0. The van der Waals surface area contributed by atoms with Crippen LogP contribution < -0.4 is 5.32 Å². The molecule has 0 aliphatic carbocycles. The van der Waals surface area contributed by atoms with Gasteiger partial charge in [-0.3, -0.25) is 0 Å². The van der Waals surface area contributed by atoms with Gasteiger partial charge in [0.05, 0.1) is 6.04 Å². The Kier molecular flexibility index (Phi) is 4.50. The van der Waals surface area contributed by atoms with Crippen LogP contribution in [0.4, 0.5) is 0 Å². The molecule has 1 N–H and O–H groups in total. The summed E-state index contributed by atoms with van der Waals surface area (Å²) in [5, 5.41) is 6.73. The average molecular weight is 351 g/mol. The van der Waals surface area contributed by atoms with E-state index < -0.39 is 0 Å². The second kappa shape index (κ2) is 5.72. The predicted molar refractivity (Wildman–Crippen MR) is 79.4 cm³/mol. The highest BCUT2D eigenvalue weighted by molar-refractivity contribution is 9.10. The van der Waals surface area contributed by atoms with Crippen LogP contribution in [-0.4, -0.2) is 7.05 Å². The lowest BCUT2D eigenvalue weighted by Gasteiger charge is -2.16. The summed E-state index contributed by atoms with van der Waals surface area (Å²) in [5.41, 5.74) is 0.996. The van der Waals surface area contributed by atoms with Gasteiger partial charge in [0, 0.05) is 24.8 Å². The highest BCUT2D eigenvalue weighted by Crippen LogP contribution is 2.34. The van der Waals surface area contributed by atoms with Gasteiger partial charge in [-0.2, -0.15) is 0 Å². The van der Waals surface area contributed by atoms with Crippen molar-refractivity contribution in [2.24, 2.45) is 0 Å². The maximum atomic E-state index is 6.22. The molecule has 17 heavy (non-hydrogen) atoms. The number of benzene rings is 1. The van der Waals surface area contributed by atoms with E-state index in [1.165, 1.54) is 4.88 Å². The van der Waals surface area contributed by atoms with Crippen molar-refractivity contribution < 1.29 is 0 Å². The summed E-state index contributed by atoms with van der Waals surface area (Å²) in [4.78, 5) is 1.20. The number of hydrogen-bond acceptors (Lipinski definition) is 2. The minimum absolute atomic E-state index is 0.0671. The molecular weight excluding hydrogens is 341 g/mol. The summed E-state index contributed by atoms with van der Waals surface area (Å²) >= 11 is 17.4.